The highest BCUT2D eigenvalue weighted by Gasteiger charge is 2.14. The van der Waals surface area contributed by atoms with E-state index in [2.05, 4.69) is 44.1 Å². The molecule has 0 aliphatic carbocycles. The molecule has 6 rings (SSSR count). The number of carbonyl (C=O) groups is 1. The van der Waals surface area contributed by atoms with Crippen LogP contribution in [0.4, 0.5) is 10.1 Å². The lowest BCUT2D eigenvalue weighted by molar-refractivity contribution is -0.117. The Kier molecular flexibility index (Phi) is 6.56. The zero-order valence-corrected chi connectivity index (χ0v) is 20.9. The second-order valence-corrected chi connectivity index (χ2v) is 9.63. The van der Waals surface area contributed by atoms with Crippen molar-refractivity contribution in [2.45, 2.75) is 25.7 Å². The summed E-state index contributed by atoms with van der Waals surface area (Å²) in [6.07, 6.45) is 4.46. The Morgan fingerprint density at radius 2 is 1.66 bits per heavy atom. The maximum Gasteiger partial charge on any atom is 0.231 e. The van der Waals surface area contributed by atoms with Gasteiger partial charge in [-0.05, 0) is 72.0 Å². The van der Waals surface area contributed by atoms with Crippen LogP contribution in [0.3, 0.4) is 0 Å². The van der Waals surface area contributed by atoms with E-state index in [1.165, 1.54) is 37.0 Å². The molecule has 5 aromatic rings. The number of rotatable bonds is 8. The van der Waals surface area contributed by atoms with Gasteiger partial charge in [0, 0.05) is 37.3 Å². The molecule has 0 unspecified atom stereocenters. The summed E-state index contributed by atoms with van der Waals surface area (Å²) in [7, 11) is 0. The van der Waals surface area contributed by atoms with Gasteiger partial charge in [0.2, 0.25) is 5.88 Å². The Balaban J connectivity index is 1.14. The molecule has 1 saturated heterocycles. The number of ether oxygens (including phenoxy) is 1. The Labute approximate surface area is 220 Å². The number of anilines is 1. The second kappa shape index (κ2) is 10.5. The van der Waals surface area contributed by atoms with E-state index < -0.39 is 0 Å². The van der Waals surface area contributed by atoms with Crippen LogP contribution < -0.4 is 9.64 Å². The van der Waals surface area contributed by atoms with E-state index in [0.29, 0.717) is 22.8 Å². The number of benzene rings is 3. The van der Waals surface area contributed by atoms with Crippen LogP contribution >= 0.6 is 0 Å². The van der Waals surface area contributed by atoms with Crippen LogP contribution in [-0.4, -0.2) is 33.8 Å². The SMILES string of the molecule is O=C(Cc1ccc(Oc2ncnc3[nH]c(-c4ccc(N5CCCC5)cc4)cc23)cc1)Cc1cccc(F)c1. The van der Waals surface area contributed by atoms with E-state index in [0.717, 1.165) is 35.3 Å². The molecule has 0 radical (unpaired) electrons. The van der Waals surface area contributed by atoms with Crippen molar-refractivity contribution in [2.24, 2.45) is 0 Å². The summed E-state index contributed by atoms with van der Waals surface area (Å²) in [5.41, 5.74) is 5.53. The third-order valence-electron chi connectivity index (χ3n) is 6.87. The predicted molar refractivity (Wildman–Crippen MR) is 146 cm³/mol. The molecular formula is C31H27FN4O2. The zero-order valence-electron chi connectivity index (χ0n) is 20.9. The van der Waals surface area contributed by atoms with Gasteiger partial charge in [-0.2, -0.15) is 0 Å². The Hall–Kier alpha value is -4.52. The molecule has 1 fully saturated rings. The number of nitrogens with one attached hydrogen (secondary N) is 1. The van der Waals surface area contributed by atoms with Crippen LogP contribution in [0.15, 0.2) is 85.2 Å². The van der Waals surface area contributed by atoms with Gasteiger partial charge in [-0.3, -0.25) is 4.79 Å². The summed E-state index contributed by atoms with van der Waals surface area (Å²) in [4.78, 5) is 27.0. The molecule has 0 spiro atoms. The summed E-state index contributed by atoms with van der Waals surface area (Å²) in [6, 6.07) is 24.1. The van der Waals surface area contributed by atoms with Crippen LogP contribution in [-0.2, 0) is 17.6 Å². The number of fused-ring (bicyclic) bond motifs is 1. The van der Waals surface area contributed by atoms with Crippen molar-refractivity contribution >= 4 is 22.5 Å². The Bertz CT molecular complexity index is 1570. The molecule has 3 aromatic carbocycles. The number of carbonyl (C=O) groups excluding carboxylic acids is 1. The highest BCUT2D eigenvalue weighted by Crippen LogP contribution is 2.32. The largest absolute Gasteiger partial charge is 0.438 e. The van der Waals surface area contributed by atoms with Crippen LogP contribution in [0.5, 0.6) is 11.6 Å². The standard InChI is InChI=1S/C31H27FN4O2/c32-24-5-3-4-22(16-24)18-26(37)17-21-6-12-27(13-7-21)38-31-28-19-29(35-30(28)33-20-34-31)23-8-10-25(11-9-23)36-14-1-2-15-36/h3-13,16,19-20H,1-2,14-15,17-18H2,(H,33,34,35). The maximum atomic E-state index is 13.4. The van der Waals surface area contributed by atoms with E-state index >= 15 is 0 Å². The van der Waals surface area contributed by atoms with Crippen LogP contribution in [0.2, 0.25) is 0 Å². The quantitative estimate of drug-likeness (QED) is 0.260. The molecule has 0 saturated carbocycles. The highest BCUT2D eigenvalue weighted by atomic mass is 19.1. The molecule has 0 amide bonds. The Morgan fingerprint density at radius 1 is 0.895 bits per heavy atom. The predicted octanol–water partition coefficient (Wildman–Crippen LogP) is 6.51. The normalized spacial score (nSPS) is 13.2. The smallest absolute Gasteiger partial charge is 0.231 e. The number of hydrogen-bond acceptors (Lipinski definition) is 5. The average molecular weight is 507 g/mol. The van der Waals surface area contributed by atoms with Crippen molar-refractivity contribution in [3.63, 3.8) is 0 Å². The fourth-order valence-electron chi connectivity index (χ4n) is 4.93. The minimum atomic E-state index is -0.333. The van der Waals surface area contributed by atoms with Gasteiger partial charge in [0.05, 0.1) is 5.39 Å². The fraction of sp³-hybridized carbons (Fsp3) is 0.194. The third-order valence-corrected chi connectivity index (χ3v) is 6.87. The summed E-state index contributed by atoms with van der Waals surface area (Å²) in [6.45, 7) is 2.24. The number of halogens is 1. The highest BCUT2D eigenvalue weighted by molar-refractivity contribution is 5.87. The van der Waals surface area contributed by atoms with E-state index in [4.69, 9.17) is 4.74 Å². The maximum absolute atomic E-state index is 13.4. The molecule has 0 atom stereocenters. The van der Waals surface area contributed by atoms with Crippen molar-refractivity contribution in [3.8, 4) is 22.9 Å². The van der Waals surface area contributed by atoms with Crippen LogP contribution in [0.25, 0.3) is 22.3 Å². The lowest BCUT2D eigenvalue weighted by atomic mass is 10.0. The first-order valence-corrected chi connectivity index (χ1v) is 12.8. The third kappa shape index (κ3) is 5.27. The molecular weight excluding hydrogens is 479 g/mol. The fourth-order valence-corrected chi connectivity index (χ4v) is 4.93. The molecule has 1 aliphatic rings. The van der Waals surface area contributed by atoms with Gasteiger partial charge in [0.1, 0.15) is 29.3 Å². The van der Waals surface area contributed by atoms with Gasteiger partial charge in [0.15, 0.2) is 0 Å². The second-order valence-electron chi connectivity index (χ2n) is 9.63. The molecule has 6 nitrogen and oxygen atoms in total. The number of aromatic amines is 1. The minimum Gasteiger partial charge on any atom is -0.438 e. The average Bonchev–Trinajstić information content (AvgIpc) is 3.61. The minimum absolute atomic E-state index is 0.0232. The molecule has 0 bridgehead atoms. The van der Waals surface area contributed by atoms with Crippen LogP contribution in [0, 0.1) is 5.82 Å². The first kappa shape index (κ1) is 23.9. The van der Waals surface area contributed by atoms with Gasteiger partial charge in [-0.15, -0.1) is 0 Å². The van der Waals surface area contributed by atoms with E-state index in [1.807, 2.05) is 30.3 Å². The number of Topliss-reactive ketones (excluding diaryl/α,β-unsaturated/α-hetero) is 1. The van der Waals surface area contributed by atoms with Gasteiger partial charge in [-0.1, -0.05) is 36.4 Å². The molecule has 2 aromatic heterocycles. The molecule has 3 heterocycles. The van der Waals surface area contributed by atoms with Crippen molar-refractivity contribution < 1.29 is 13.9 Å². The van der Waals surface area contributed by atoms with Gasteiger partial charge >= 0.3 is 0 Å². The van der Waals surface area contributed by atoms with E-state index in [9.17, 15) is 9.18 Å². The monoisotopic (exact) mass is 506 g/mol. The lowest BCUT2D eigenvalue weighted by Crippen LogP contribution is -2.17. The first-order chi connectivity index (χ1) is 18.6. The number of H-pyrrole nitrogens is 1. The topological polar surface area (TPSA) is 71.1 Å². The van der Waals surface area contributed by atoms with Crippen molar-refractivity contribution in [1.82, 2.24) is 15.0 Å². The zero-order chi connectivity index (χ0) is 25.9. The number of ketones is 1. The summed E-state index contributed by atoms with van der Waals surface area (Å²) in [5.74, 6) is 0.765. The first-order valence-electron chi connectivity index (χ1n) is 12.8. The molecule has 190 valence electrons. The number of nitrogens with zero attached hydrogens (tertiary/aromatic N) is 3. The van der Waals surface area contributed by atoms with Gasteiger partial charge < -0.3 is 14.6 Å². The molecule has 1 aliphatic heterocycles. The Morgan fingerprint density at radius 3 is 2.42 bits per heavy atom. The molecule has 7 heteroatoms. The number of hydrogen-bond donors (Lipinski definition) is 1. The van der Waals surface area contributed by atoms with Crippen molar-refractivity contribution in [3.05, 3.63) is 102 Å². The van der Waals surface area contributed by atoms with Crippen molar-refractivity contribution in [1.29, 1.82) is 0 Å². The lowest BCUT2D eigenvalue weighted by Gasteiger charge is -2.17. The summed E-state index contributed by atoms with van der Waals surface area (Å²) < 4.78 is 19.5. The number of aromatic nitrogens is 3. The van der Waals surface area contributed by atoms with Gasteiger partial charge in [-0.25, -0.2) is 14.4 Å². The van der Waals surface area contributed by atoms with Gasteiger partial charge in [0.25, 0.3) is 0 Å². The van der Waals surface area contributed by atoms with E-state index in [-0.39, 0.29) is 24.4 Å². The van der Waals surface area contributed by atoms with E-state index in [1.54, 1.807) is 12.1 Å². The van der Waals surface area contributed by atoms with Crippen LogP contribution in [0.1, 0.15) is 24.0 Å². The molecule has 1 N–H and O–H groups in total. The molecule has 38 heavy (non-hydrogen) atoms. The van der Waals surface area contributed by atoms with Crippen molar-refractivity contribution in [2.75, 3.05) is 18.0 Å². The summed E-state index contributed by atoms with van der Waals surface area (Å²) >= 11 is 0. The summed E-state index contributed by atoms with van der Waals surface area (Å²) in [5, 5.41) is 0.792.